The van der Waals surface area contributed by atoms with Crippen LogP contribution in [-0.2, 0) is 0 Å². The molecule has 0 aliphatic heterocycles. The van der Waals surface area contributed by atoms with E-state index in [0.717, 1.165) is 19.3 Å². The van der Waals surface area contributed by atoms with E-state index in [-0.39, 0.29) is 5.41 Å². The van der Waals surface area contributed by atoms with Crippen molar-refractivity contribution in [2.24, 2.45) is 5.41 Å². The van der Waals surface area contributed by atoms with E-state index in [2.05, 4.69) is 13.0 Å². The Morgan fingerprint density at radius 2 is 2.17 bits per heavy atom. The molecule has 1 nitrogen and oxygen atoms in total. The fourth-order valence-electron chi connectivity index (χ4n) is 1.23. The Bertz CT molecular complexity index is 171. The summed E-state index contributed by atoms with van der Waals surface area (Å²) in [6.45, 7) is 7.19. The van der Waals surface area contributed by atoms with Gasteiger partial charge in [0, 0.05) is 6.58 Å². The van der Waals surface area contributed by atoms with Crippen LogP contribution in [0.3, 0.4) is 0 Å². The number of aliphatic hydroxyl groups excluding tert-OH is 1. The number of hydrogen-bond donors (Lipinski definition) is 1. The lowest BCUT2D eigenvalue weighted by atomic mass is 9.83. The summed E-state index contributed by atoms with van der Waals surface area (Å²) in [4.78, 5) is 0. The molecule has 0 saturated carbocycles. The molecule has 0 spiro atoms. The van der Waals surface area contributed by atoms with Crippen LogP contribution in [0.4, 0.5) is 0 Å². The lowest BCUT2D eigenvalue weighted by Crippen LogP contribution is -2.20. The van der Waals surface area contributed by atoms with Crippen LogP contribution in [0.5, 0.6) is 0 Å². The van der Waals surface area contributed by atoms with Crippen molar-refractivity contribution >= 4 is 0 Å². The molecule has 1 N–H and O–H groups in total. The van der Waals surface area contributed by atoms with Crippen molar-refractivity contribution in [3.8, 4) is 0 Å². The second-order valence-electron chi connectivity index (χ2n) is 4.02. The zero-order chi connectivity index (χ0) is 10.5. The molecule has 0 bridgehead atoms. The van der Waals surface area contributed by atoms with Gasteiger partial charge in [-0.3, -0.25) is 0 Å². The predicted octanol–water partition coefficient (Wildman–Crippen LogP) is 3.14. The Morgan fingerprint density at radius 1 is 1.58 bits per heavy atom. The van der Waals surface area contributed by atoms with Crippen molar-refractivity contribution < 1.29 is 6.48 Å². The summed E-state index contributed by atoms with van der Waals surface area (Å²) in [7, 11) is 0. The molecule has 1 heteroatoms. The van der Waals surface area contributed by atoms with Crippen LogP contribution in [0.1, 0.15) is 48.3 Å². The summed E-state index contributed by atoms with van der Waals surface area (Å²) in [5.74, 6) is 0. The van der Waals surface area contributed by atoms with E-state index < -0.39 is 6.58 Å². The smallest absolute Gasteiger partial charge is 0.0570 e. The minimum absolute atomic E-state index is 0.272. The first kappa shape index (κ1) is 9.79. The van der Waals surface area contributed by atoms with Crippen molar-refractivity contribution in [1.29, 1.82) is 0 Å². The van der Waals surface area contributed by atoms with Crippen molar-refractivity contribution in [1.82, 2.24) is 0 Å². The Balaban J connectivity index is 4.32. The second kappa shape index (κ2) is 5.36. The van der Waals surface area contributed by atoms with Gasteiger partial charge < -0.3 is 5.11 Å². The first-order valence-corrected chi connectivity index (χ1v) is 4.66. The van der Waals surface area contributed by atoms with Gasteiger partial charge in [-0.25, -0.2) is 0 Å². The molecule has 0 aromatic heterocycles. The number of aliphatic hydroxyl groups is 1. The third-order valence-electron chi connectivity index (χ3n) is 2.11. The number of allylic oxidation sites excluding steroid dienone is 2. The van der Waals surface area contributed by atoms with Gasteiger partial charge in [-0.05, 0) is 32.1 Å². The van der Waals surface area contributed by atoms with Crippen molar-refractivity contribution in [2.75, 3.05) is 6.58 Å². The third kappa shape index (κ3) is 4.55. The molecule has 0 fully saturated rings. The predicted molar refractivity (Wildman–Crippen MR) is 54.1 cm³/mol. The largest absolute Gasteiger partial charge is 0.396 e. The fourth-order valence-corrected chi connectivity index (χ4v) is 1.23. The summed E-state index contributed by atoms with van der Waals surface area (Å²) in [5, 5.41) is 9.35. The van der Waals surface area contributed by atoms with Crippen molar-refractivity contribution in [2.45, 2.75) is 47.0 Å². The second-order valence-corrected chi connectivity index (χ2v) is 4.02. The maximum Gasteiger partial charge on any atom is 0.0570 e. The first-order chi connectivity index (χ1) is 5.92. The number of rotatable bonds is 5. The highest BCUT2D eigenvalue weighted by Crippen LogP contribution is 2.27. The van der Waals surface area contributed by atoms with Gasteiger partial charge in [0.05, 0.1) is 1.37 Å². The van der Waals surface area contributed by atoms with E-state index in [1.54, 1.807) is 0 Å². The van der Waals surface area contributed by atoms with E-state index in [9.17, 15) is 5.11 Å². The topological polar surface area (TPSA) is 20.2 Å². The lowest BCUT2D eigenvalue weighted by Gasteiger charge is -2.25. The van der Waals surface area contributed by atoms with E-state index in [4.69, 9.17) is 1.37 Å². The quantitative estimate of drug-likeness (QED) is 0.630. The minimum Gasteiger partial charge on any atom is -0.396 e. The van der Waals surface area contributed by atoms with Gasteiger partial charge in [-0.2, -0.15) is 0 Å². The molecular formula is C11H22O. The summed E-state index contributed by atoms with van der Waals surface area (Å²) in [5.41, 5.74) is 0.981. The van der Waals surface area contributed by atoms with Crippen LogP contribution in [-0.4, -0.2) is 11.7 Å². The molecule has 2 unspecified atom stereocenters. The molecule has 0 amide bonds. The van der Waals surface area contributed by atoms with Gasteiger partial charge in [0.15, 0.2) is 0 Å². The Hall–Kier alpha value is -0.300. The zero-order valence-corrected chi connectivity index (χ0v) is 8.72. The van der Waals surface area contributed by atoms with Crippen molar-refractivity contribution in [3.63, 3.8) is 0 Å². The van der Waals surface area contributed by atoms with Crippen LogP contribution in [0, 0.1) is 5.41 Å². The molecule has 0 radical (unpaired) electrons. The number of hydrogen-bond acceptors (Lipinski definition) is 1. The van der Waals surface area contributed by atoms with E-state index in [1.807, 2.05) is 20.8 Å². The monoisotopic (exact) mass is 171 g/mol. The van der Waals surface area contributed by atoms with Crippen LogP contribution in [0.15, 0.2) is 11.6 Å². The first-order valence-electron chi connectivity index (χ1n) is 5.24. The molecule has 0 heterocycles. The molecular weight excluding hydrogens is 148 g/mol. The van der Waals surface area contributed by atoms with E-state index in [0.29, 0.717) is 0 Å². The summed E-state index contributed by atoms with van der Waals surface area (Å²) >= 11 is 0. The van der Waals surface area contributed by atoms with E-state index in [1.165, 1.54) is 5.57 Å². The highest BCUT2D eigenvalue weighted by Gasteiger charge is 2.20. The lowest BCUT2D eigenvalue weighted by molar-refractivity contribution is 0.134. The van der Waals surface area contributed by atoms with Gasteiger partial charge in [-0.15, -0.1) is 0 Å². The maximum absolute atomic E-state index is 9.35. The molecule has 72 valence electrons. The van der Waals surface area contributed by atoms with Crippen molar-refractivity contribution in [3.05, 3.63) is 11.6 Å². The van der Waals surface area contributed by atoms with Gasteiger partial charge in [0.25, 0.3) is 0 Å². The Morgan fingerprint density at radius 3 is 2.50 bits per heavy atom. The van der Waals surface area contributed by atoms with Gasteiger partial charge in [0.1, 0.15) is 0 Å². The Labute approximate surface area is 77.9 Å². The van der Waals surface area contributed by atoms with Crippen LogP contribution < -0.4 is 0 Å². The summed E-state index contributed by atoms with van der Waals surface area (Å²) in [6, 6.07) is 0. The molecule has 2 atom stereocenters. The van der Waals surface area contributed by atoms with Crippen LogP contribution >= 0.6 is 0 Å². The summed E-state index contributed by atoms with van der Waals surface area (Å²) in [6.07, 6.45) is 4.83. The molecule has 0 aromatic rings. The SMILES string of the molecule is [2H]C(O)C(C)(CC=C(C)C)CCC. The fraction of sp³-hybridized carbons (Fsp3) is 0.818. The van der Waals surface area contributed by atoms with Gasteiger partial charge >= 0.3 is 0 Å². The molecule has 0 aliphatic carbocycles. The highest BCUT2D eigenvalue weighted by molar-refractivity contribution is 4.96. The standard InChI is InChI=1S/C11H22O/c1-5-7-11(4,9-12)8-6-10(2)3/h6,12H,5,7-9H2,1-4H3/i9D. The highest BCUT2D eigenvalue weighted by atomic mass is 16.3. The van der Waals surface area contributed by atoms with Gasteiger partial charge in [-0.1, -0.05) is 31.9 Å². The van der Waals surface area contributed by atoms with E-state index >= 15 is 0 Å². The summed E-state index contributed by atoms with van der Waals surface area (Å²) < 4.78 is 7.41. The minimum atomic E-state index is -0.969. The average molecular weight is 171 g/mol. The van der Waals surface area contributed by atoms with Crippen LogP contribution in [0.2, 0.25) is 0 Å². The molecule has 0 rings (SSSR count). The average Bonchev–Trinajstić information content (AvgIpc) is 2.01. The Kier molecular flexibility index (Phi) is 4.37. The molecule has 0 aromatic carbocycles. The van der Waals surface area contributed by atoms with Crippen LogP contribution in [0.25, 0.3) is 0 Å². The molecule has 12 heavy (non-hydrogen) atoms. The molecule has 0 saturated heterocycles. The zero-order valence-electron chi connectivity index (χ0n) is 9.72. The molecule has 0 aliphatic rings. The van der Waals surface area contributed by atoms with Gasteiger partial charge in [0.2, 0.25) is 0 Å². The third-order valence-corrected chi connectivity index (χ3v) is 2.11. The maximum atomic E-state index is 9.35. The normalized spacial score (nSPS) is 19.2.